The zero-order valence-corrected chi connectivity index (χ0v) is 14.2. The minimum Gasteiger partial charge on any atom is -0.381 e. The van der Waals surface area contributed by atoms with E-state index in [2.05, 4.69) is 45.9 Å². The number of hydrogen-bond acceptors (Lipinski definition) is 3. The van der Waals surface area contributed by atoms with Crippen LogP contribution in [0.5, 0.6) is 0 Å². The van der Waals surface area contributed by atoms with Crippen LogP contribution in [0.15, 0.2) is 30.3 Å². The number of amides is 2. The van der Waals surface area contributed by atoms with E-state index in [1.165, 1.54) is 5.56 Å². The lowest BCUT2D eigenvalue weighted by atomic mass is 9.72. The number of ether oxygens (including phenoxy) is 1. The van der Waals surface area contributed by atoms with E-state index in [-0.39, 0.29) is 11.6 Å². The first-order valence-electron chi connectivity index (χ1n) is 9.23. The monoisotopic (exact) mass is 329 g/mol. The molecule has 0 saturated carbocycles. The molecule has 1 aromatic rings. The zero-order chi connectivity index (χ0) is 16.4. The number of nitrogens with zero attached hydrogens (tertiary/aromatic N) is 1. The van der Waals surface area contributed by atoms with Crippen LogP contribution in [-0.2, 0) is 10.3 Å². The Kier molecular flexibility index (Phi) is 4.46. The lowest BCUT2D eigenvalue weighted by molar-refractivity contribution is -0.0152. The molecule has 5 nitrogen and oxygen atoms in total. The Morgan fingerprint density at radius 1 is 1.04 bits per heavy atom. The van der Waals surface area contributed by atoms with E-state index >= 15 is 0 Å². The minimum atomic E-state index is -0.232. The van der Waals surface area contributed by atoms with E-state index in [1.54, 1.807) is 0 Å². The van der Waals surface area contributed by atoms with E-state index < -0.39 is 0 Å². The van der Waals surface area contributed by atoms with Gasteiger partial charge in [0.15, 0.2) is 0 Å². The second-order valence-corrected chi connectivity index (χ2v) is 7.19. The third-order valence-corrected chi connectivity index (χ3v) is 6.00. The van der Waals surface area contributed by atoms with Gasteiger partial charge >= 0.3 is 6.03 Å². The molecule has 0 spiro atoms. The maximum atomic E-state index is 12.9. The number of nitrogens with one attached hydrogen (secondary N) is 2. The van der Waals surface area contributed by atoms with Gasteiger partial charge in [-0.25, -0.2) is 4.79 Å². The molecule has 1 aromatic carbocycles. The van der Waals surface area contributed by atoms with Crippen molar-refractivity contribution in [1.82, 2.24) is 15.5 Å². The number of urea groups is 1. The Morgan fingerprint density at radius 2 is 1.75 bits per heavy atom. The van der Waals surface area contributed by atoms with Crippen molar-refractivity contribution in [1.29, 1.82) is 0 Å². The lowest BCUT2D eigenvalue weighted by Crippen LogP contribution is -2.57. The Hall–Kier alpha value is -1.59. The second kappa shape index (κ2) is 6.73. The summed E-state index contributed by atoms with van der Waals surface area (Å²) >= 11 is 0. The summed E-state index contributed by atoms with van der Waals surface area (Å²) in [6.07, 6.45) is 4.10. The third-order valence-electron chi connectivity index (χ3n) is 6.00. The van der Waals surface area contributed by atoms with Crippen molar-refractivity contribution < 1.29 is 9.53 Å². The summed E-state index contributed by atoms with van der Waals surface area (Å²) in [5, 5.41) is 6.60. The van der Waals surface area contributed by atoms with Crippen LogP contribution in [0.3, 0.4) is 0 Å². The molecule has 1 atom stereocenters. The van der Waals surface area contributed by atoms with Crippen LogP contribution in [0.4, 0.5) is 4.79 Å². The largest absolute Gasteiger partial charge is 0.381 e. The Bertz CT molecular complexity index is 567. The van der Waals surface area contributed by atoms with Crippen molar-refractivity contribution in [3.8, 4) is 0 Å². The summed E-state index contributed by atoms with van der Waals surface area (Å²) in [6.45, 7) is 4.30. The van der Waals surface area contributed by atoms with Crippen molar-refractivity contribution in [3.05, 3.63) is 35.9 Å². The van der Waals surface area contributed by atoms with Crippen LogP contribution < -0.4 is 10.6 Å². The zero-order valence-electron chi connectivity index (χ0n) is 14.2. The first kappa shape index (κ1) is 15.9. The van der Waals surface area contributed by atoms with Crippen LogP contribution in [0.25, 0.3) is 0 Å². The van der Waals surface area contributed by atoms with Gasteiger partial charge in [-0.2, -0.15) is 0 Å². The maximum Gasteiger partial charge on any atom is 0.318 e. The van der Waals surface area contributed by atoms with E-state index in [9.17, 15) is 4.79 Å². The van der Waals surface area contributed by atoms with Crippen LogP contribution in [-0.4, -0.2) is 49.8 Å². The fourth-order valence-corrected chi connectivity index (χ4v) is 4.84. The van der Waals surface area contributed by atoms with Crippen LogP contribution in [0.1, 0.15) is 31.2 Å². The number of hydrogen-bond donors (Lipinski definition) is 2. The fourth-order valence-electron chi connectivity index (χ4n) is 4.84. The Morgan fingerprint density at radius 3 is 2.46 bits per heavy atom. The number of piperidine rings is 1. The molecule has 0 bridgehead atoms. The molecule has 2 amide bonds. The first-order valence-corrected chi connectivity index (χ1v) is 9.23. The molecule has 3 heterocycles. The molecule has 0 unspecified atom stereocenters. The SMILES string of the molecule is O=C1NC[C@](c2ccccc2)(C2CCOCC2)N1C1CCNCC1. The van der Waals surface area contributed by atoms with Crippen molar-refractivity contribution in [2.24, 2.45) is 5.92 Å². The van der Waals surface area contributed by atoms with Gasteiger partial charge < -0.3 is 20.3 Å². The molecule has 3 aliphatic rings. The van der Waals surface area contributed by atoms with E-state index in [4.69, 9.17) is 4.74 Å². The minimum absolute atomic E-state index is 0.109. The predicted octanol–water partition coefficient (Wildman–Crippen LogP) is 2.09. The lowest BCUT2D eigenvalue weighted by Gasteiger charge is -2.49. The third kappa shape index (κ3) is 2.60. The van der Waals surface area contributed by atoms with Crippen LogP contribution in [0.2, 0.25) is 0 Å². The number of carbonyl (C=O) groups excluding carboxylic acids is 1. The molecule has 4 rings (SSSR count). The van der Waals surface area contributed by atoms with E-state index in [1.807, 2.05) is 0 Å². The van der Waals surface area contributed by atoms with Gasteiger partial charge in [-0.15, -0.1) is 0 Å². The number of rotatable bonds is 3. The van der Waals surface area contributed by atoms with Gasteiger partial charge in [0.25, 0.3) is 0 Å². The predicted molar refractivity (Wildman–Crippen MR) is 92.8 cm³/mol. The van der Waals surface area contributed by atoms with Gasteiger partial charge in [0.05, 0.1) is 5.54 Å². The Labute approximate surface area is 143 Å². The highest BCUT2D eigenvalue weighted by Crippen LogP contribution is 2.45. The standard InChI is InChI=1S/C19H27N3O2/c23-18-21-14-19(15-4-2-1-3-5-15,16-8-12-24-13-9-16)22(18)17-6-10-20-11-7-17/h1-5,16-17,20H,6-14H2,(H,21,23)/t19-/m0/s1. The summed E-state index contributed by atoms with van der Waals surface area (Å²) in [5.41, 5.74) is 1.04. The van der Waals surface area contributed by atoms with Crippen LogP contribution in [0, 0.1) is 5.92 Å². The molecule has 2 N–H and O–H groups in total. The highest BCUT2D eigenvalue weighted by Gasteiger charge is 2.54. The molecule has 0 radical (unpaired) electrons. The number of benzene rings is 1. The summed E-state index contributed by atoms with van der Waals surface area (Å²) in [7, 11) is 0. The van der Waals surface area contributed by atoms with Crippen molar-refractivity contribution >= 4 is 6.03 Å². The summed E-state index contributed by atoms with van der Waals surface area (Å²) in [6, 6.07) is 11.1. The second-order valence-electron chi connectivity index (χ2n) is 7.19. The highest BCUT2D eigenvalue weighted by molar-refractivity contribution is 5.79. The summed E-state index contributed by atoms with van der Waals surface area (Å²) in [4.78, 5) is 15.1. The molecule has 24 heavy (non-hydrogen) atoms. The fraction of sp³-hybridized carbons (Fsp3) is 0.632. The molecule has 130 valence electrons. The first-order chi connectivity index (χ1) is 11.8. The average Bonchev–Trinajstić information content (AvgIpc) is 3.02. The molecule has 3 fully saturated rings. The van der Waals surface area contributed by atoms with Gasteiger partial charge in [0.1, 0.15) is 0 Å². The van der Waals surface area contributed by atoms with Crippen LogP contribution >= 0.6 is 0 Å². The molecule has 0 aliphatic carbocycles. The van der Waals surface area contributed by atoms with E-state index in [0.717, 1.165) is 52.0 Å². The maximum absolute atomic E-state index is 12.9. The van der Waals surface area contributed by atoms with Crippen molar-refractivity contribution in [2.45, 2.75) is 37.3 Å². The van der Waals surface area contributed by atoms with Crippen molar-refractivity contribution in [2.75, 3.05) is 32.8 Å². The molecular weight excluding hydrogens is 302 g/mol. The normalized spacial score (nSPS) is 29.7. The highest BCUT2D eigenvalue weighted by atomic mass is 16.5. The topological polar surface area (TPSA) is 53.6 Å². The molecule has 5 heteroatoms. The summed E-state index contributed by atoms with van der Waals surface area (Å²) in [5.74, 6) is 0.447. The summed E-state index contributed by atoms with van der Waals surface area (Å²) < 4.78 is 5.61. The van der Waals surface area contributed by atoms with Gasteiger partial charge in [0.2, 0.25) is 0 Å². The smallest absolute Gasteiger partial charge is 0.318 e. The average molecular weight is 329 g/mol. The van der Waals surface area contributed by atoms with E-state index in [0.29, 0.717) is 18.5 Å². The van der Waals surface area contributed by atoms with Crippen molar-refractivity contribution in [3.63, 3.8) is 0 Å². The Balaban J connectivity index is 1.77. The van der Waals surface area contributed by atoms with Gasteiger partial charge in [-0.3, -0.25) is 0 Å². The van der Waals surface area contributed by atoms with Gasteiger partial charge in [-0.05, 0) is 50.3 Å². The van der Waals surface area contributed by atoms with Gasteiger partial charge in [-0.1, -0.05) is 30.3 Å². The number of carbonyl (C=O) groups is 1. The molecule has 3 saturated heterocycles. The quantitative estimate of drug-likeness (QED) is 0.893. The molecular formula is C19H27N3O2. The van der Waals surface area contributed by atoms with Gasteiger partial charge in [0, 0.05) is 25.8 Å². The molecule has 3 aliphatic heterocycles. The molecule has 0 aromatic heterocycles.